The highest BCUT2D eigenvalue weighted by Crippen LogP contribution is 2.23. The van der Waals surface area contributed by atoms with Crippen molar-refractivity contribution in [3.63, 3.8) is 0 Å². The first-order valence-corrected chi connectivity index (χ1v) is 7.76. The Labute approximate surface area is 117 Å². The van der Waals surface area contributed by atoms with Crippen molar-refractivity contribution >= 4 is 17.7 Å². The second-order valence-corrected chi connectivity index (χ2v) is 5.91. The summed E-state index contributed by atoms with van der Waals surface area (Å²) < 4.78 is 40.7. The van der Waals surface area contributed by atoms with Crippen LogP contribution in [0.3, 0.4) is 0 Å². The smallest absolute Gasteiger partial charge is 0.389 e. The average Bonchev–Trinajstić information content (AvgIpc) is 2.32. The highest BCUT2D eigenvalue weighted by Gasteiger charge is 2.25. The molecule has 1 atom stereocenters. The van der Waals surface area contributed by atoms with Crippen molar-refractivity contribution < 1.29 is 22.7 Å². The van der Waals surface area contributed by atoms with E-state index < -0.39 is 12.6 Å². The number of halogens is 3. The van der Waals surface area contributed by atoms with Gasteiger partial charge in [-0.15, -0.1) is 11.8 Å². The molecule has 0 saturated carbocycles. The van der Waals surface area contributed by atoms with Gasteiger partial charge < -0.3 is 4.74 Å². The molecule has 114 valence electrons. The zero-order valence-corrected chi connectivity index (χ0v) is 12.4. The molecule has 1 unspecified atom stereocenters. The van der Waals surface area contributed by atoms with E-state index in [9.17, 15) is 18.0 Å². The highest BCUT2D eigenvalue weighted by molar-refractivity contribution is 8.00. The molecule has 0 aromatic heterocycles. The molecule has 0 aliphatic heterocycles. The fraction of sp³-hybridized carbons (Fsp3) is 0.923. The van der Waals surface area contributed by atoms with Crippen LogP contribution >= 0.6 is 11.8 Å². The molecule has 2 nitrogen and oxygen atoms in total. The van der Waals surface area contributed by atoms with Gasteiger partial charge in [0.25, 0.3) is 0 Å². The highest BCUT2D eigenvalue weighted by atomic mass is 32.2. The molecule has 0 aliphatic carbocycles. The minimum absolute atomic E-state index is 0.166. The van der Waals surface area contributed by atoms with Crippen LogP contribution in [0.1, 0.15) is 52.4 Å². The minimum Gasteiger partial charge on any atom is -0.465 e. The summed E-state index contributed by atoms with van der Waals surface area (Å²) in [5.41, 5.74) is 0. The van der Waals surface area contributed by atoms with E-state index >= 15 is 0 Å². The van der Waals surface area contributed by atoms with E-state index in [1.165, 1.54) is 11.8 Å². The molecule has 0 aromatic rings. The Kier molecular flexibility index (Phi) is 10.2. The van der Waals surface area contributed by atoms with Crippen molar-refractivity contribution in [1.29, 1.82) is 0 Å². The summed E-state index contributed by atoms with van der Waals surface area (Å²) in [4.78, 5) is 11.5. The van der Waals surface area contributed by atoms with Gasteiger partial charge in [-0.05, 0) is 31.9 Å². The zero-order chi connectivity index (χ0) is 14.7. The molecule has 0 radical (unpaired) electrons. The van der Waals surface area contributed by atoms with Crippen molar-refractivity contribution in [2.45, 2.75) is 63.8 Å². The fourth-order valence-electron chi connectivity index (χ4n) is 1.37. The second kappa shape index (κ2) is 10.4. The van der Waals surface area contributed by atoms with Crippen LogP contribution in [0, 0.1) is 0 Å². The summed E-state index contributed by atoms with van der Waals surface area (Å²) in [6, 6.07) is 0. The van der Waals surface area contributed by atoms with Crippen LogP contribution < -0.4 is 0 Å². The van der Waals surface area contributed by atoms with Crippen LogP contribution in [-0.4, -0.2) is 29.8 Å². The first-order chi connectivity index (χ1) is 8.87. The van der Waals surface area contributed by atoms with Crippen molar-refractivity contribution in [3.8, 4) is 0 Å². The molecule has 0 rings (SSSR count). The third kappa shape index (κ3) is 12.4. The quantitative estimate of drug-likeness (QED) is 0.436. The summed E-state index contributed by atoms with van der Waals surface area (Å²) in [6.45, 7) is 4.24. The third-order valence-corrected chi connectivity index (χ3v) is 3.76. The molecule has 0 spiro atoms. The molecule has 0 amide bonds. The van der Waals surface area contributed by atoms with Crippen LogP contribution in [0.25, 0.3) is 0 Å². The van der Waals surface area contributed by atoms with E-state index in [1.807, 2.05) is 6.92 Å². The summed E-state index contributed by atoms with van der Waals surface area (Å²) in [5, 5.41) is -0.237. The SMILES string of the molecule is CCCCOC(=O)C(C)SCCCCCC(F)(F)F. The van der Waals surface area contributed by atoms with E-state index in [-0.39, 0.29) is 17.6 Å². The van der Waals surface area contributed by atoms with Gasteiger partial charge in [-0.2, -0.15) is 13.2 Å². The van der Waals surface area contributed by atoms with E-state index in [2.05, 4.69) is 0 Å². The number of ether oxygens (including phenoxy) is 1. The van der Waals surface area contributed by atoms with Gasteiger partial charge in [0.1, 0.15) is 0 Å². The molecule has 0 fully saturated rings. The fourth-order valence-corrected chi connectivity index (χ4v) is 2.30. The Balaban J connectivity index is 3.47. The largest absolute Gasteiger partial charge is 0.465 e. The first-order valence-electron chi connectivity index (χ1n) is 6.71. The number of carbonyl (C=O) groups is 1. The van der Waals surface area contributed by atoms with E-state index in [1.54, 1.807) is 6.92 Å². The summed E-state index contributed by atoms with van der Waals surface area (Å²) in [5.74, 6) is 0.468. The van der Waals surface area contributed by atoms with Gasteiger partial charge in [0, 0.05) is 6.42 Å². The number of alkyl halides is 3. The van der Waals surface area contributed by atoms with Crippen molar-refractivity contribution in [2.75, 3.05) is 12.4 Å². The average molecular weight is 300 g/mol. The van der Waals surface area contributed by atoms with Crippen LogP contribution in [0.2, 0.25) is 0 Å². The van der Waals surface area contributed by atoms with Crippen molar-refractivity contribution in [3.05, 3.63) is 0 Å². The Bertz CT molecular complexity index is 245. The van der Waals surface area contributed by atoms with Gasteiger partial charge in [0.05, 0.1) is 11.9 Å². The number of rotatable bonds is 10. The standard InChI is InChI=1S/C13H23F3O2S/c1-3-4-9-18-12(17)11(2)19-10-7-5-6-8-13(14,15)16/h11H,3-10H2,1-2H3. The molecule has 0 aromatic carbocycles. The topological polar surface area (TPSA) is 26.3 Å². The summed E-state index contributed by atoms with van der Waals surface area (Å²) in [6.07, 6.45) is -1.51. The molecular weight excluding hydrogens is 277 g/mol. The molecular formula is C13H23F3O2S. The lowest BCUT2D eigenvalue weighted by molar-refractivity contribution is -0.142. The summed E-state index contributed by atoms with van der Waals surface area (Å²) >= 11 is 1.44. The normalized spacial score (nSPS) is 13.3. The number of thioether (sulfide) groups is 1. The maximum Gasteiger partial charge on any atom is 0.389 e. The molecule has 0 aliphatic rings. The number of esters is 1. The maximum absolute atomic E-state index is 11.9. The minimum atomic E-state index is -4.05. The van der Waals surface area contributed by atoms with E-state index in [0.717, 1.165) is 12.8 Å². The lowest BCUT2D eigenvalue weighted by atomic mass is 10.2. The lowest BCUT2D eigenvalue weighted by Gasteiger charge is -2.11. The Morgan fingerprint density at radius 3 is 2.47 bits per heavy atom. The molecule has 0 saturated heterocycles. The third-order valence-electron chi connectivity index (χ3n) is 2.55. The number of hydrogen-bond acceptors (Lipinski definition) is 3. The number of hydrogen-bond donors (Lipinski definition) is 0. The van der Waals surface area contributed by atoms with Crippen LogP contribution in [0.5, 0.6) is 0 Å². The molecule has 0 heterocycles. The van der Waals surface area contributed by atoms with Crippen LogP contribution in [-0.2, 0) is 9.53 Å². The van der Waals surface area contributed by atoms with E-state index in [4.69, 9.17) is 4.74 Å². The van der Waals surface area contributed by atoms with Crippen LogP contribution in [0.4, 0.5) is 13.2 Å². The monoisotopic (exact) mass is 300 g/mol. The lowest BCUT2D eigenvalue weighted by Crippen LogP contribution is -2.18. The van der Waals surface area contributed by atoms with Crippen LogP contribution in [0.15, 0.2) is 0 Å². The summed E-state index contributed by atoms with van der Waals surface area (Å²) in [7, 11) is 0. The maximum atomic E-state index is 11.9. The Hall–Kier alpha value is -0.390. The van der Waals surface area contributed by atoms with Gasteiger partial charge in [-0.25, -0.2) is 0 Å². The first kappa shape index (κ1) is 18.6. The van der Waals surface area contributed by atoms with E-state index in [0.29, 0.717) is 25.2 Å². The zero-order valence-electron chi connectivity index (χ0n) is 11.6. The predicted octanol–water partition coefficient (Wildman–Crippen LogP) is 4.57. The Morgan fingerprint density at radius 1 is 1.21 bits per heavy atom. The Morgan fingerprint density at radius 2 is 1.89 bits per heavy atom. The molecule has 6 heteroatoms. The van der Waals surface area contributed by atoms with Crippen molar-refractivity contribution in [1.82, 2.24) is 0 Å². The van der Waals surface area contributed by atoms with Gasteiger partial charge in [-0.3, -0.25) is 4.79 Å². The van der Waals surface area contributed by atoms with Gasteiger partial charge in [-0.1, -0.05) is 19.8 Å². The molecule has 19 heavy (non-hydrogen) atoms. The second-order valence-electron chi connectivity index (χ2n) is 4.46. The molecule has 0 N–H and O–H groups in total. The molecule has 0 bridgehead atoms. The predicted molar refractivity (Wildman–Crippen MR) is 72.3 cm³/mol. The van der Waals surface area contributed by atoms with Gasteiger partial charge in [0.2, 0.25) is 0 Å². The number of carbonyl (C=O) groups excluding carboxylic acids is 1. The van der Waals surface area contributed by atoms with Crippen molar-refractivity contribution in [2.24, 2.45) is 0 Å². The van der Waals surface area contributed by atoms with Gasteiger partial charge in [0.15, 0.2) is 0 Å². The number of unbranched alkanes of at least 4 members (excludes halogenated alkanes) is 3. The van der Waals surface area contributed by atoms with Gasteiger partial charge >= 0.3 is 12.1 Å².